The molecule has 0 unspecified atom stereocenters. The highest BCUT2D eigenvalue weighted by Gasteiger charge is 2.13. The van der Waals surface area contributed by atoms with Crippen molar-refractivity contribution in [1.82, 2.24) is 14.9 Å². The minimum atomic E-state index is -0.220. The van der Waals surface area contributed by atoms with E-state index in [1.807, 2.05) is 66.0 Å². The third-order valence-electron chi connectivity index (χ3n) is 4.28. The zero-order valence-corrected chi connectivity index (χ0v) is 15.3. The molecule has 5 nitrogen and oxygen atoms in total. The first kappa shape index (κ1) is 17.2. The minimum absolute atomic E-state index is 0.0484. The number of thiophene rings is 1. The van der Waals surface area contributed by atoms with Gasteiger partial charge in [0.1, 0.15) is 11.2 Å². The van der Waals surface area contributed by atoms with Crippen molar-refractivity contribution in [2.24, 2.45) is 0 Å². The molecule has 0 aliphatic carbocycles. The summed E-state index contributed by atoms with van der Waals surface area (Å²) in [7, 11) is 0. The number of carbonyl (C=O) groups is 1. The van der Waals surface area contributed by atoms with Gasteiger partial charge in [-0.25, -0.2) is 4.98 Å². The Hall–Kier alpha value is -3.25. The average Bonchev–Trinajstić information content (AvgIpc) is 3.15. The lowest BCUT2D eigenvalue weighted by molar-refractivity contribution is -0.121. The molecular weight excluding hydrogens is 358 g/mol. The fraction of sp³-hybridized carbons (Fsp3) is 0.0952. The molecule has 0 saturated heterocycles. The van der Waals surface area contributed by atoms with Crippen molar-refractivity contribution in [2.75, 3.05) is 0 Å². The molecule has 4 aromatic rings. The van der Waals surface area contributed by atoms with Crippen LogP contribution in [0.3, 0.4) is 0 Å². The number of hydrogen-bond acceptors (Lipinski definition) is 4. The number of carbonyl (C=O) groups excluding carboxylic acids is 1. The van der Waals surface area contributed by atoms with Crippen LogP contribution in [0.2, 0.25) is 0 Å². The first-order chi connectivity index (χ1) is 13.2. The monoisotopic (exact) mass is 375 g/mol. The number of nitrogens with zero attached hydrogens (tertiary/aromatic N) is 2. The van der Waals surface area contributed by atoms with Gasteiger partial charge in [-0.15, -0.1) is 11.3 Å². The van der Waals surface area contributed by atoms with Gasteiger partial charge in [0, 0.05) is 17.5 Å². The molecule has 4 rings (SSSR count). The number of hydrogen-bond donors (Lipinski definition) is 1. The third-order valence-corrected chi connectivity index (χ3v) is 5.23. The smallest absolute Gasteiger partial charge is 0.271 e. The van der Waals surface area contributed by atoms with E-state index in [9.17, 15) is 9.59 Å². The molecule has 0 radical (unpaired) electrons. The summed E-state index contributed by atoms with van der Waals surface area (Å²) in [5, 5.41) is 4.77. The molecule has 0 aliphatic heterocycles. The Morgan fingerprint density at radius 2 is 1.74 bits per heavy atom. The quantitative estimate of drug-likeness (QED) is 0.581. The van der Waals surface area contributed by atoms with Crippen LogP contribution >= 0.6 is 11.3 Å². The zero-order valence-electron chi connectivity index (χ0n) is 14.5. The molecule has 27 heavy (non-hydrogen) atoms. The predicted molar refractivity (Wildman–Crippen MR) is 108 cm³/mol. The van der Waals surface area contributed by atoms with Crippen molar-refractivity contribution in [3.05, 3.63) is 88.3 Å². The third kappa shape index (κ3) is 3.66. The molecule has 0 bridgehead atoms. The summed E-state index contributed by atoms with van der Waals surface area (Å²) in [4.78, 5) is 29.4. The fourth-order valence-electron chi connectivity index (χ4n) is 2.88. The van der Waals surface area contributed by atoms with E-state index in [-0.39, 0.29) is 18.0 Å². The number of amides is 1. The van der Waals surface area contributed by atoms with Gasteiger partial charge in [0.05, 0.1) is 11.8 Å². The van der Waals surface area contributed by atoms with Gasteiger partial charge in [-0.2, -0.15) is 0 Å². The first-order valence-electron chi connectivity index (χ1n) is 8.55. The van der Waals surface area contributed by atoms with Crippen LogP contribution in [0.5, 0.6) is 0 Å². The summed E-state index contributed by atoms with van der Waals surface area (Å²) in [6.07, 6.45) is 1.45. The molecule has 1 amide bonds. The molecule has 0 spiro atoms. The van der Waals surface area contributed by atoms with Crippen LogP contribution in [0.25, 0.3) is 21.3 Å². The number of rotatable bonds is 5. The number of benzene rings is 2. The van der Waals surface area contributed by atoms with E-state index >= 15 is 0 Å². The van der Waals surface area contributed by atoms with Crippen LogP contribution in [0.15, 0.2) is 77.2 Å². The maximum Gasteiger partial charge on any atom is 0.271 e. The summed E-state index contributed by atoms with van der Waals surface area (Å²) in [5.41, 5.74) is 3.46. The van der Waals surface area contributed by atoms with Crippen LogP contribution in [-0.2, 0) is 17.9 Å². The van der Waals surface area contributed by atoms with Gasteiger partial charge in [-0.1, -0.05) is 60.7 Å². The number of nitrogens with one attached hydrogen (secondary N) is 1. The Kier molecular flexibility index (Phi) is 4.80. The predicted octanol–water partition coefficient (Wildman–Crippen LogP) is 3.44. The largest absolute Gasteiger partial charge is 0.350 e. The SMILES string of the molecule is O=C(Cn1cnc2c(-c3ccccc3)csc2c1=O)NCc1ccccc1. The van der Waals surface area contributed by atoms with Crippen molar-refractivity contribution < 1.29 is 4.79 Å². The minimum Gasteiger partial charge on any atom is -0.350 e. The molecule has 6 heteroatoms. The molecule has 2 aromatic carbocycles. The van der Waals surface area contributed by atoms with E-state index in [1.165, 1.54) is 22.2 Å². The number of fused-ring (bicyclic) bond motifs is 1. The Morgan fingerprint density at radius 1 is 1.04 bits per heavy atom. The Bertz CT molecular complexity index is 1130. The van der Waals surface area contributed by atoms with E-state index in [0.717, 1.165) is 16.7 Å². The molecule has 0 aliphatic rings. The molecule has 0 fully saturated rings. The summed E-state index contributed by atoms with van der Waals surface area (Å²) in [6.45, 7) is 0.383. The van der Waals surface area contributed by atoms with E-state index in [1.54, 1.807) is 0 Å². The van der Waals surface area contributed by atoms with Crippen molar-refractivity contribution in [3.8, 4) is 11.1 Å². The Labute approximate surface area is 159 Å². The van der Waals surface area contributed by atoms with Gasteiger partial charge < -0.3 is 5.32 Å². The van der Waals surface area contributed by atoms with Crippen molar-refractivity contribution >= 4 is 27.5 Å². The molecule has 0 saturated carbocycles. The fourth-order valence-corrected chi connectivity index (χ4v) is 3.86. The summed E-state index contributed by atoms with van der Waals surface area (Å²) < 4.78 is 1.92. The van der Waals surface area contributed by atoms with Crippen LogP contribution in [0, 0.1) is 0 Å². The van der Waals surface area contributed by atoms with Gasteiger partial charge >= 0.3 is 0 Å². The highest BCUT2D eigenvalue weighted by Crippen LogP contribution is 2.30. The number of aromatic nitrogens is 2. The lowest BCUT2D eigenvalue weighted by atomic mass is 10.1. The maximum atomic E-state index is 12.7. The molecule has 134 valence electrons. The van der Waals surface area contributed by atoms with Gasteiger partial charge in [0.15, 0.2) is 0 Å². The lowest BCUT2D eigenvalue weighted by Crippen LogP contribution is -2.31. The zero-order chi connectivity index (χ0) is 18.6. The summed E-state index contributed by atoms with van der Waals surface area (Å²) >= 11 is 1.36. The van der Waals surface area contributed by atoms with Gasteiger partial charge in [0.25, 0.3) is 5.56 Å². The molecule has 2 aromatic heterocycles. The maximum absolute atomic E-state index is 12.7. The average molecular weight is 375 g/mol. The van der Waals surface area contributed by atoms with Crippen molar-refractivity contribution in [3.63, 3.8) is 0 Å². The Morgan fingerprint density at radius 3 is 2.48 bits per heavy atom. The normalized spacial score (nSPS) is 10.8. The van der Waals surface area contributed by atoms with E-state index in [4.69, 9.17) is 0 Å². The second-order valence-electron chi connectivity index (χ2n) is 6.13. The second-order valence-corrected chi connectivity index (χ2v) is 7.01. The van der Waals surface area contributed by atoms with E-state index in [2.05, 4.69) is 10.3 Å². The Balaban J connectivity index is 1.54. The van der Waals surface area contributed by atoms with Crippen LogP contribution in [0.4, 0.5) is 0 Å². The standard InChI is InChI=1S/C21H17N3O2S/c25-18(22-11-15-7-3-1-4-8-15)12-24-14-23-19-17(13-27-20(19)21(24)26)16-9-5-2-6-10-16/h1-10,13-14H,11-12H2,(H,22,25). The molecule has 0 atom stereocenters. The molecular formula is C21H17N3O2S. The lowest BCUT2D eigenvalue weighted by Gasteiger charge is -2.07. The van der Waals surface area contributed by atoms with Crippen molar-refractivity contribution in [1.29, 1.82) is 0 Å². The topological polar surface area (TPSA) is 64.0 Å². The molecule has 2 heterocycles. The summed E-state index contributed by atoms with van der Waals surface area (Å²) in [6, 6.07) is 19.5. The van der Waals surface area contributed by atoms with Gasteiger partial charge in [0.2, 0.25) is 5.91 Å². The van der Waals surface area contributed by atoms with Crippen molar-refractivity contribution in [2.45, 2.75) is 13.1 Å². The van der Waals surface area contributed by atoms with Gasteiger partial charge in [-0.3, -0.25) is 14.2 Å². The second kappa shape index (κ2) is 7.55. The highest BCUT2D eigenvalue weighted by molar-refractivity contribution is 7.17. The van der Waals surface area contributed by atoms with Crippen LogP contribution < -0.4 is 10.9 Å². The molecule has 1 N–H and O–H groups in total. The highest BCUT2D eigenvalue weighted by atomic mass is 32.1. The van der Waals surface area contributed by atoms with Crippen LogP contribution in [0.1, 0.15) is 5.56 Å². The van der Waals surface area contributed by atoms with Gasteiger partial charge in [-0.05, 0) is 11.1 Å². The van der Waals surface area contributed by atoms with E-state index < -0.39 is 0 Å². The van der Waals surface area contributed by atoms with Crippen LogP contribution in [-0.4, -0.2) is 15.5 Å². The van der Waals surface area contributed by atoms with E-state index in [0.29, 0.717) is 16.8 Å². The first-order valence-corrected chi connectivity index (χ1v) is 9.43. The summed E-state index contributed by atoms with van der Waals surface area (Å²) in [5.74, 6) is -0.220.